The lowest BCUT2D eigenvalue weighted by atomic mass is 9.94. The predicted molar refractivity (Wildman–Crippen MR) is 76.8 cm³/mol. The number of aldehydes is 1. The molecular formula is C14H22N2OS. The summed E-state index contributed by atoms with van der Waals surface area (Å²) in [4.78, 5) is 18.9. The number of hydrogen-bond acceptors (Lipinski definition) is 4. The highest BCUT2D eigenvalue weighted by Gasteiger charge is 2.23. The molecule has 1 aliphatic rings. The molecule has 0 atom stereocenters. The van der Waals surface area contributed by atoms with E-state index < -0.39 is 0 Å². The van der Waals surface area contributed by atoms with E-state index in [4.69, 9.17) is 0 Å². The highest BCUT2D eigenvalue weighted by molar-refractivity contribution is 7.17. The van der Waals surface area contributed by atoms with Crippen molar-refractivity contribution in [3.8, 4) is 0 Å². The van der Waals surface area contributed by atoms with Gasteiger partial charge in [-0.2, -0.15) is 0 Å². The summed E-state index contributed by atoms with van der Waals surface area (Å²) >= 11 is 1.56. The Morgan fingerprint density at radius 2 is 2.06 bits per heavy atom. The normalized spacial score (nSPS) is 16.8. The molecule has 0 amide bonds. The SMILES string of the molecule is CCc1nc(N(CC)C2CCCCC2)sc1C=O. The maximum atomic E-state index is 11.0. The molecule has 1 fully saturated rings. The average Bonchev–Trinajstić information content (AvgIpc) is 2.84. The Morgan fingerprint density at radius 1 is 1.33 bits per heavy atom. The van der Waals surface area contributed by atoms with Gasteiger partial charge in [0.25, 0.3) is 0 Å². The molecule has 1 aromatic rings. The Bertz CT molecular complexity index is 396. The molecule has 0 unspecified atom stereocenters. The third-order valence-corrected chi connectivity index (χ3v) is 4.82. The van der Waals surface area contributed by atoms with Crippen LogP contribution in [0, 0.1) is 0 Å². The van der Waals surface area contributed by atoms with Crippen molar-refractivity contribution >= 4 is 22.8 Å². The van der Waals surface area contributed by atoms with E-state index in [0.717, 1.165) is 35.0 Å². The molecule has 2 rings (SSSR count). The monoisotopic (exact) mass is 266 g/mol. The van der Waals surface area contributed by atoms with Crippen molar-refractivity contribution in [2.45, 2.75) is 58.4 Å². The number of anilines is 1. The van der Waals surface area contributed by atoms with E-state index >= 15 is 0 Å². The average molecular weight is 266 g/mol. The van der Waals surface area contributed by atoms with Gasteiger partial charge in [0.05, 0.1) is 10.6 Å². The zero-order chi connectivity index (χ0) is 13.0. The van der Waals surface area contributed by atoms with Crippen molar-refractivity contribution in [1.82, 2.24) is 4.98 Å². The summed E-state index contributed by atoms with van der Waals surface area (Å²) < 4.78 is 0. The van der Waals surface area contributed by atoms with Crippen molar-refractivity contribution in [1.29, 1.82) is 0 Å². The molecule has 0 aliphatic heterocycles. The molecule has 0 bridgehead atoms. The van der Waals surface area contributed by atoms with Crippen LogP contribution in [0.15, 0.2) is 0 Å². The molecule has 100 valence electrons. The second-order valence-electron chi connectivity index (χ2n) is 4.86. The molecule has 1 aliphatic carbocycles. The zero-order valence-electron chi connectivity index (χ0n) is 11.3. The molecule has 18 heavy (non-hydrogen) atoms. The van der Waals surface area contributed by atoms with Gasteiger partial charge in [-0.3, -0.25) is 4.79 Å². The van der Waals surface area contributed by atoms with Crippen LogP contribution in [0.25, 0.3) is 0 Å². The Labute approximate surface area is 113 Å². The van der Waals surface area contributed by atoms with Crippen molar-refractivity contribution < 1.29 is 4.79 Å². The van der Waals surface area contributed by atoms with Gasteiger partial charge in [0.1, 0.15) is 0 Å². The molecule has 0 aromatic carbocycles. The summed E-state index contributed by atoms with van der Waals surface area (Å²) in [5.41, 5.74) is 0.958. The van der Waals surface area contributed by atoms with E-state index in [2.05, 4.69) is 23.7 Å². The first-order valence-electron chi connectivity index (χ1n) is 7.01. The summed E-state index contributed by atoms with van der Waals surface area (Å²) in [6.45, 7) is 5.23. The molecular weight excluding hydrogens is 244 g/mol. The van der Waals surface area contributed by atoms with Gasteiger partial charge >= 0.3 is 0 Å². The van der Waals surface area contributed by atoms with E-state index in [1.54, 1.807) is 11.3 Å². The van der Waals surface area contributed by atoms with Gasteiger partial charge in [0.2, 0.25) is 0 Å². The number of thiazole rings is 1. The fourth-order valence-electron chi connectivity index (χ4n) is 2.76. The zero-order valence-corrected chi connectivity index (χ0v) is 12.1. The second kappa shape index (κ2) is 6.32. The molecule has 1 heterocycles. The van der Waals surface area contributed by atoms with E-state index in [-0.39, 0.29) is 0 Å². The molecule has 0 spiro atoms. The van der Waals surface area contributed by atoms with Crippen LogP contribution in [0.3, 0.4) is 0 Å². The summed E-state index contributed by atoms with van der Waals surface area (Å²) in [6, 6.07) is 0.624. The van der Waals surface area contributed by atoms with Gasteiger partial charge in [-0.25, -0.2) is 4.98 Å². The minimum atomic E-state index is 0.624. The molecule has 1 aromatic heterocycles. The third-order valence-electron chi connectivity index (χ3n) is 3.76. The topological polar surface area (TPSA) is 33.2 Å². The Hall–Kier alpha value is -0.900. The summed E-state index contributed by atoms with van der Waals surface area (Å²) in [5, 5.41) is 1.04. The van der Waals surface area contributed by atoms with Crippen LogP contribution in [-0.4, -0.2) is 23.9 Å². The van der Waals surface area contributed by atoms with Gasteiger partial charge in [-0.15, -0.1) is 0 Å². The first kappa shape index (κ1) is 13.5. The van der Waals surface area contributed by atoms with Crippen LogP contribution in [0.4, 0.5) is 5.13 Å². The van der Waals surface area contributed by atoms with Gasteiger partial charge in [0, 0.05) is 12.6 Å². The van der Waals surface area contributed by atoms with Crippen LogP contribution in [-0.2, 0) is 6.42 Å². The Morgan fingerprint density at radius 3 is 2.56 bits per heavy atom. The van der Waals surface area contributed by atoms with Gasteiger partial charge in [-0.05, 0) is 26.2 Å². The highest BCUT2D eigenvalue weighted by atomic mass is 32.1. The molecule has 0 radical (unpaired) electrons. The molecule has 1 saturated carbocycles. The quantitative estimate of drug-likeness (QED) is 0.762. The summed E-state index contributed by atoms with van der Waals surface area (Å²) in [6.07, 6.45) is 8.35. The van der Waals surface area contributed by atoms with Crippen LogP contribution >= 0.6 is 11.3 Å². The van der Waals surface area contributed by atoms with E-state index in [1.807, 2.05) is 0 Å². The number of hydrogen-bond donors (Lipinski definition) is 0. The van der Waals surface area contributed by atoms with Crippen LogP contribution in [0.2, 0.25) is 0 Å². The fraction of sp³-hybridized carbons (Fsp3) is 0.714. The lowest BCUT2D eigenvalue weighted by Gasteiger charge is -2.33. The Balaban J connectivity index is 2.20. The van der Waals surface area contributed by atoms with Crippen LogP contribution < -0.4 is 4.90 Å². The van der Waals surface area contributed by atoms with E-state index in [1.165, 1.54) is 32.1 Å². The maximum absolute atomic E-state index is 11.0. The van der Waals surface area contributed by atoms with Crippen molar-refractivity contribution in [2.75, 3.05) is 11.4 Å². The lowest BCUT2D eigenvalue weighted by Crippen LogP contribution is -2.36. The number of carbonyl (C=O) groups excluding carboxylic acids is 1. The predicted octanol–water partition coefficient (Wildman–Crippen LogP) is 3.68. The summed E-state index contributed by atoms with van der Waals surface area (Å²) in [7, 11) is 0. The van der Waals surface area contributed by atoms with Crippen LogP contribution in [0.1, 0.15) is 61.3 Å². The van der Waals surface area contributed by atoms with E-state index in [9.17, 15) is 4.79 Å². The smallest absolute Gasteiger partial charge is 0.186 e. The molecule has 0 N–H and O–H groups in total. The number of aryl methyl sites for hydroxylation is 1. The second-order valence-corrected chi connectivity index (χ2v) is 5.87. The molecule has 4 heteroatoms. The minimum absolute atomic E-state index is 0.624. The number of rotatable bonds is 5. The van der Waals surface area contributed by atoms with Crippen molar-refractivity contribution in [3.05, 3.63) is 10.6 Å². The number of carbonyl (C=O) groups is 1. The summed E-state index contributed by atoms with van der Waals surface area (Å²) in [5.74, 6) is 0. The minimum Gasteiger partial charge on any atom is -0.345 e. The number of nitrogens with zero attached hydrogens (tertiary/aromatic N) is 2. The first-order chi connectivity index (χ1) is 8.80. The van der Waals surface area contributed by atoms with Gasteiger partial charge in [0.15, 0.2) is 11.4 Å². The standard InChI is InChI=1S/C14H22N2OS/c1-3-12-13(10-17)18-14(15-12)16(4-2)11-8-6-5-7-9-11/h10-11H,3-9H2,1-2H3. The lowest BCUT2D eigenvalue weighted by molar-refractivity contribution is 0.112. The van der Waals surface area contributed by atoms with Crippen molar-refractivity contribution in [2.24, 2.45) is 0 Å². The van der Waals surface area contributed by atoms with E-state index in [0.29, 0.717) is 6.04 Å². The van der Waals surface area contributed by atoms with Gasteiger partial charge in [-0.1, -0.05) is 37.5 Å². The largest absolute Gasteiger partial charge is 0.345 e. The Kier molecular flexibility index (Phi) is 4.75. The third kappa shape index (κ3) is 2.74. The van der Waals surface area contributed by atoms with Crippen LogP contribution in [0.5, 0.6) is 0 Å². The maximum Gasteiger partial charge on any atom is 0.186 e. The van der Waals surface area contributed by atoms with Crippen molar-refractivity contribution in [3.63, 3.8) is 0 Å². The number of aromatic nitrogens is 1. The molecule has 3 nitrogen and oxygen atoms in total. The van der Waals surface area contributed by atoms with Gasteiger partial charge < -0.3 is 4.90 Å². The molecule has 0 saturated heterocycles. The highest BCUT2D eigenvalue weighted by Crippen LogP contribution is 2.31. The fourth-order valence-corrected chi connectivity index (χ4v) is 3.87. The first-order valence-corrected chi connectivity index (χ1v) is 7.83.